The Kier molecular flexibility index (Phi) is 7.74. The fourth-order valence-corrected chi connectivity index (χ4v) is 5.62. The number of fused-ring (bicyclic) bond motifs is 2. The van der Waals surface area contributed by atoms with E-state index in [0.29, 0.717) is 12.4 Å². The molecule has 9 heteroatoms. The molecule has 2 heterocycles. The summed E-state index contributed by atoms with van der Waals surface area (Å²) in [5.74, 6) is -0.193. The van der Waals surface area contributed by atoms with Crippen molar-refractivity contribution < 1.29 is 9.90 Å². The lowest BCUT2D eigenvalue weighted by Gasteiger charge is -2.22. The fraction of sp³-hybridized carbons (Fsp3) is 0.333. The Labute approximate surface area is 201 Å². The number of thioether (sulfide) groups is 1. The molecule has 4 rings (SSSR count). The molecule has 0 aliphatic carbocycles. The van der Waals surface area contributed by atoms with E-state index in [1.807, 2.05) is 53.1 Å². The molecule has 0 saturated carbocycles. The number of aromatic nitrogens is 2. The zero-order valence-corrected chi connectivity index (χ0v) is 20.4. The quantitative estimate of drug-likeness (QED) is 0.208. The smallest absolute Gasteiger partial charge is 0.274 e. The van der Waals surface area contributed by atoms with Gasteiger partial charge in [0.25, 0.3) is 5.91 Å². The minimum atomic E-state index is -0.367. The van der Waals surface area contributed by atoms with Crippen LogP contribution in [0, 0.1) is 0 Å². The monoisotopic (exact) mass is 481 g/mol. The molecule has 2 aromatic carbocycles. The first-order chi connectivity index (χ1) is 16.1. The zero-order valence-electron chi connectivity index (χ0n) is 18.8. The van der Waals surface area contributed by atoms with E-state index < -0.39 is 0 Å². The van der Waals surface area contributed by atoms with Gasteiger partial charge in [-0.1, -0.05) is 55.9 Å². The van der Waals surface area contributed by atoms with Crippen LogP contribution in [0.4, 0.5) is 5.69 Å². The highest BCUT2D eigenvalue weighted by molar-refractivity contribution is 8.01. The van der Waals surface area contributed by atoms with Crippen molar-refractivity contribution in [1.29, 1.82) is 0 Å². The van der Waals surface area contributed by atoms with Gasteiger partial charge in [0.15, 0.2) is 10.0 Å². The molecule has 2 aromatic heterocycles. The number of amides is 1. The van der Waals surface area contributed by atoms with E-state index >= 15 is 0 Å². The van der Waals surface area contributed by atoms with Gasteiger partial charge in [0.05, 0.1) is 28.2 Å². The molecule has 0 atom stereocenters. The normalized spacial score (nSPS) is 12.0. The molecule has 0 saturated heterocycles. The number of hydrogen-bond acceptors (Lipinski definition) is 7. The first-order valence-electron chi connectivity index (χ1n) is 11.1. The van der Waals surface area contributed by atoms with Crippen molar-refractivity contribution in [2.45, 2.75) is 37.7 Å². The summed E-state index contributed by atoms with van der Waals surface area (Å²) in [7, 11) is 0. The number of aromatic hydroxyl groups is 1. The van der Waals surface area contributed by atoms with E-state index in [1.165, 1.54) is 11.8 Å². The third kappa shape index (κ3) is 5.43. The molecule has 0 bridgehead atoms. The SMILES string of the molecule is CCCN(CCC)Cn1c(O)c(N=NC(=O)CSc2nc3ccccc3s2)c2ccccc21. The minimum absolute atomic E-state index is 0.0313. The van der Waals surface area contributed by atoms with Crippen molar-refractivity contribution in [2.75, 3.05) is 18.8 Å². The Morgan fingerprint density at radius 1 is 1.12 bits per heavy atom. The van der Waals surface area contributed by atoms with E-state index in [2.05, 4.69) is 34.0 Å². The third-order valence-electron chi connectivity index (χ3n) is 5.19. The van der Waals surface area contributed by atoms with Gasteiger partial charge in [-0.3, -0.25) is 14.3 Å². The average Bonchev–Trinajstić information content (AvgIpc) is 3.35. The number of para-hydroxylation sites is 2. The number of rotatable bonds is 10. The Bertz CT molecular complexity index is 1240. The molecule has 1 amide bonds. The lowest BCUT2D eigenvalue weighted by molar-refractivity contribution is -0.115. The molecule has 0 unspecified atom stereocenters. The van der Waals surface area contributed by atoms with Gasteiger partial charge in [-0.05, 0) is 44.1 Å². The van der Waals surface area contributed by atoms with Crippen LogP contribution < -0.4 is 0 Å². The van der Waals surface area contributed by atoms with Crippen LogP contribution in [0.3, 0.4) is 0 Å². The number of carbonyl (C=O) groups excluding carboxylic acids is 1. The second-order valence-corrected chi connectivity index (χ2v) is 9.96. The maximum Gasteiger partial charge on any atom is 0.274 e. The summed E-state index contributed by atoms with van der Waals surface area (Å²) in [6.45, 7) is 6.74. The van der Waals surface area contributed by atoms with Gasteiger partial charge >= 0.3 is 0 Å². The highest BCUT2D eigenvalue weighted by Crippen LogP contribution is 2.39. The van der Waals surface area contributed by atoms with E-state index in [4.69, 9.17) is 0 Å². The summed E-state index contributed by atoms with van der Waals surface area (Å²) in [4.78, 5) is 19.2. The second-order valence-electron chi connectivity index (χ2n) is 7.71. The molecule has 0 radical (unpaired) electrons. The van der Waals surface area contributed by atoms with Crippen LogP contribution in [0.2, 0.25) is 0 Å². The van der Waals surface area contributed by atoms with Crippen LogP contribution in [0.15, 0.2) is 63.1 Å². The summed E-state index contributed by atoms with van der Waals surface area (Å²) in [6, 6.07) is 15.6. The number of carbonyl (C=O) groups is 1. The van der Waals surface area contributed by atoms with Gasteiger partial charge in [-0.2, -0.15) is 0 Å². The second kappa shape index (κ2) is 10.9. The van der Waals surface area contributed by atoms with Gasteiger partial charge < -0.3 is 5.11 Å². The first-order valence-corrected chi connectivity index (χ1v) is 12.9. The number of thiazole rings is 1. The maximum atomic E-state index is 12.4. The molecule has 0 aliphatic heterocycles. The first kappa shape index (κ1) is 23.4. The lowest BCUT2D eigenvalue weighted by atomic mass is 10.2. The zero-order chi connectivity index (χ0) is 23.2. The molecule has 0 spiro atoms. The number of benzene rings is 2. The predicted octanol–water partition coefficient (Wildman–Crippen LogP) is 6.44. The molecule has 7 nitrogen and oxygen atoms in total. The number of azo groups is 1. The highest BCUT2D eigenvalue weighted by Gasteiger charge is 2.18. The van der Waals surface area contributed by atoms with Crippen LogP contribution in [-0.2, 0) is 11.5 Å². The van der Waals surface area contributed by atoms with Crippen molar-refractivity contribution in [3.8, 4) is 5.88 Å². The van der Waals surface area contributed by atoms with Crippen LogP contribution in [-0.4, -0.2) is 44.3 Å². The highest BCUT2D eigenvalue weighted by atomic mass is 32.2. The van der Waals surface area contributed by atoms with Crippen molar-refractivity contribution >= 4 is 55.8 Å². The molecule has 0 aliphatic rings. The Hall–Kier alpha value is -2.75. The van der Waals surface area contributed by atoms with Crippen LogP contribution in [0.25, 0.3) is 21.1 Å². The summed E-state index contributed by atoms with van der Waals surface area (Å²) >= 11 is 2.91. The van der Waals surface area contributed by atoms with E-state index in [0.717, 1.165) is 51.4 Å². The largest absolute Gasteiger partial charge is 0.493 e. The van der Waals surface area contributed by atoms with Gasteiger partial charge in [0.1, 0.15) is 0 Å². The Balaban J connectivity index is 1.51. The van der Waals surface area contributed by atoms with Crippen molar-refractivity contribution in [2.24, 2.45) is 10.2 Å². The molecule has 4 aromatic rings. The van der Waals surface area contributed by atoms with Crippen LogP contribution in [0.1, 0.15) is 26.7 Å². The standard InChI is InChI=1S/C24H27N5O2S2/c1-3-13-28(14-4-2)16-29-19-11-7-5-9-17(19)22(23(29)31)27-26-21(30)15-32-24-25-18-10-6-8-12-20(18)33-24/h5-12,31H,3-4,13-16H2,1-2H3. The van der Waals surface area contributed by atoms with Gasteiger partial charge in [0.2, 0.25) is 5.88 Å². The maximum absolute atomic E-state index is 12.4. The van der Waals surface area contributed by atoms with Crippen molar-refractivity contribution in [3.63, 3.8) is 0 Å². The Morgan fingerprint density at radius 2 is 1.85 bits per heavy atom. The van der Waals surface area contributed by atoms with Gasteiger partial charge in [-0.25, -0.2) is 4.98 Å². The van der Waals surface area contributed by atoms with Crippen LogP contribution in [0.5, 0.6) is 5.88 Å². The molecular weight excluding hydrogens is 454 g/mol. The molecule has 33 heavy (non-hydrogen) atoms. The summed E-state index contributed by atoms with van der Waals surface area (Å²) in [5, 5.41) is 19.8. The fourth-order valence-electron chi connectivity index (χ4n) is 3.77. The number of hydrogen-bond donors (Lipinski definition) is 1. The molecule has 172 valence electrons. The predicted molar refractivity (Wildman–Crippen MR) is 136 cm³/mol. The topological polar surface area (TPSA) is 83.1 Å². The summed E-state index contributed by atoms with van der Waals surface area (Å²) < 4.78 is 3.76. The van der Waals surface area contributed by atoms with E-state index in [1.54, 1.807) is 11.3 Å². The number of nitrogens with zero attached hydrogens (tertiary/aromatic N) is 5. The van der Waals surface area contributed by atoms with Crippen molar-refractivity contribution in [1.82, 2.24) is 14.5 Å². The molecular formula is C24H27N5O2S2. The van der Waals surface area contributed by atoms with Gasteiger partial charge in [-0.15, -0.1) is 21.6 Å². The summed E-state index contributed by atoms with van der Waals surface area (Å²) in [5.41, 5.74) is 2.13. The lowest BCUT2D eigenvalue weighted by Crippen LogP contribution is -2.27. The molecule has 0 fully saturated rings. The van der Waals surface area contributed by atoms with Crippen molar-refractivity contribution in [3.05, 3.63) is 48.5 Å². The van der Waals surface area contributed by atoms with E-state index in [-0.39, 0.29) is 17.5 Å². The van der Waals surface area contributed by atoms with E-state index in [9.17, 15) is 9.90 Å². The van der Waals surface area contributed by atoms with Gasteiger partial charge in [0, 0.05) is 5.39 Å². The van der Waals surface area contributed by atoms with Crippen LogP contribution >= 0.6 is 23.1 Å². The third-order valence-corrected chi connectivity index (χ3v) is 7.36. The minimum Gasteiger partial charge on any atom is -0.493 e. The molecule has 1 N–H and O–H groups in total. The summed E-state index contributed by atoms with van der Waals surface area (Å²) in [6.07, 6.45) is 2.07. The average molecular weight is 482 g/mol. The Morgan fingerprint density at radius 3 is 2.61 bits per heavy atom.